The van der Waals surface area contributed by atoms with Gasteiger partial charge in [0, 0.05) is 18.3 Å². The highest BCUT2D eigenvalue weighted by Crippen LogP contribution is 2.16. The molecule has 0 saturated carbocycles. The van der Waals surface area contributed by atoms with Crippen LogP contribution in [0.2, 0.25) is 0 Å². The van der Waals surface area contributed by atoms with E-state index >= 15 is 0 Å². The maximum Gasteiger partial charge on any atom is 0.338 e. The minimum absolute atomic E-state index is 0.211. The van der Waals surface area contributed by atoms with Gasteiger partial charge in [0.1, 0.15) is 5.60 Å². The number of nitrogens with one attached hydrogen (secondary N) is 1. The van der Waals surface area contributed by atoms with Gasteiger partial charge in [0.25, 0.3) is 0 Å². The average Bonchev–Trinajstić information content (AvgIpc) is 2.66. The lowest BCUT2D eigenvalue weighted by molar-refractivity contribution is -0.169. The van der Waals surface area contributed by atoms with Gasteiger partial charge >= 0.3 is 11.9 Å². The number of H-pyrrole nitrogens is 1. The molecule has 0 bridgehead atoms. The molecule has 0 aliphatic heterocycles. The molecule has 1 heterocycles. The molecule has 0 saturated heterocycles. The largest absolute Gasteiger partial charge is 0.479 e. The zero-order chi connectivity index (χ0) is 14.0. The van der Waals surface area contributed by atoms with Crippen molar-refractivity contribution in [2.75, 3.05) is 0 Å². The zero-order valence-electron chi connectivity index (χ0n) is 10.6. The molecule has 18 heavy (non-hydrogen) atoms. The number of carbonyl (C=O) groups is 2. The molecule has 7 nitrogen and oxygen atoms in total. The van der Waals surface area contributed by atoms with Crippen LogP contribution in [0.1, 0.15) is 26.5 Å². The Bertz CT molecular complexity index is 436. The molecule has 100 valence electrons. The van der Waals surface area contributed by atoms with E-state index in [1.54, 1.807) is 20.8 Å². The summed E-state index contributed by atoms with van der Waals surface area (Å²) >= 11 is 0. The summed E-state index contributed by atoms with van der Waals surface area (Å²) in [6, 6.07) is 0. The number of hydrogen-bond acceptors (Lipinski definition) is 5. The van der Waals surface area contributed by atoms with E-state index in [2.05, 4.69) is 9.97 Å². The third-order valence-corrected chi connectivity index (χ3v) is 2.17. The second kappa shape index (κ2) is 4.77. The molecule has 4 N–H and O–H groups in total. The first-order chi connectivity index (χ1) is 8.15. The van der Waals surface area contributed by atoms with Crippen LogP contribution >= 0.6 is 0 Å². The number of aromatic nitrogens is 2. The molecule has 1 aromatic rings. The molecular weight excluding hydrogens is 238 g/mol. The van der Waals surface area contributed by atoms with Crippen LogP contribution in [-0.4, -0.2) is 38.2 Å². The van der Waals surface area contributed by atoms with Crippen molar-refractivity contribution in [1.82, 2.24) is 9.97 Å². The Kier molecular flexibility index (Phi) is 3.76. The van der Waals surface area contributed by atoms with E-state index in [0.717, 1.165) is 0 Å². The number of carboxylic acids is 1. The summed E-state index contributed by atoms with van der Waals surface area (Å²) in [5, 5.41) is 9.14. The van der Waals surface area contributed by atoms with Gasteiger partial charge in [0.15, 0.2) is 0 Å². The van der Waals surface area contributed by atoms with Gasteiger partial charge in [0.05, 0.1) is 6.33 Å². The van der Waals surface area contributed by atoms with E-state index in [4.69, 9.17) is 15.6 Å². The number of hydrogen-bond donors (Lipinski definition) is 3. The quantitative estimate of drug-likeness (QED) is 0.517. The van der Waals surface area contributed by atoms with E-state index in [1.807, 2.05) is 0 Å². The summed E-state index contributed by atoms with van der Waals surface area (Å²) < 4.78 is 5.03. The van der Waals surface area contributed by atoms with Crippen molar-refractivity contribution in [3.8, 4) is 0 Å². The Balaban J connectivity index is 2.93. The molecule has 0 spiro atoms. The van der Waals surface area contributed by atoms with Crippen LogP contribution in [0.15, 0.2) is 12.5 Å². The Hall–Kier alpha value is -1.89. The molecule has 0 aromatic carbocycles. The number of nitrogens with zero attached hydrogens (tertiary/aromatic N) is 1. The summed E-state index contributed by atoms with van der Waals surface area (Å²) in [6.07, 6.45) is 2.58. The van der Waals surface area contributed by atoms with Gasteiger partial charge in [-0.2, -0.15) is 0 Å². The number of carbonyl (C=O) groups excluding carboxylic acids is 1. The lowest BCUT2D eigenvalue weighted by Crippen LogP contribution is -2.58. The summed E-state index contributed by atoms with van der Waals surface area (Å²) in [4.78, 5) is 29.5. The van der Waals surface area contributed by atoms with Crippen molar-refractivity contribution in [3.63, 3.8) is 0 Å². The van der Waals surface area contributed by atoms with E-state index in [-0.39, 0.29) is 6.42 Å². The third-order valence-electron chi connectivity index (χ3n) is 2.17. The first kappa shape index (κ1) is 14.2. The second-order valence-electron chi connectivity index (χ2n) is 5.03. The molecule has 0 radical (unpaired) electrons. The minimum Gasteiger partial charge on any atom is -0.479 e. The maximum atomic E-state index is 11.9. The fraction of sp³-hybridized carbons (Fsp3) is 0.545. The van der Waals surface area contributed by atoms with Gasteiger partial charge in [-0.25, -0.2) is 14.6 Å². The van der Waals surface area contributed by atoms with Crippen LogP contribution in [0.5, 0.6) is 0 Å². The number of nitrogens with two attached hydrogens (primary N) is 1. The number of imidazole rings is 1. The normalized spacial score (nSPS) is 14.9. The van der Waals surface area contributed by atoms with Crippen molar-refractivity contribution in [2.45, 2.75) is 38.3 Å². The van der Waals surface area contributed by atoms with Gasteiger partial charge < -0.3 is 20.6 Å². The monoisotopic (exact) mass is 255 g/mol. The Labute approximate surface area is 104 Å². The van der Waals surface area contributed by atoms with Crippen LogP contribution in [0.4, 0.5) is 0 Å². The molecule has 0 unspecified atom stereocenters. The van der Waals surface area contributed by atoms with Gasteiger partial charge in [-0.1, -0.05) is 0 Å². The summed E-state index contributed by atoms with van der Waals surface area (Å²) in [5.74, 6) is -2.41. The number of esters is 1. The molecule has 1 rings (SSSR count). The standard InChI is InChI=1S/C11H17N3O4/c1-10(2,3)18-9(17)11(12,8(15)16)4-7-5-13-6-14-7/h5-6H,4,12H2,1-3H3,(H,13,14)(H,15,16)/t11-/m1/s1. The van der Waals surface area contributed by atoms with Crippen LogP contribution in [0.25, 0.3) is 0 Å². The van der Waals surface area contributed by atoms with Gasteiger partial charge in [-0.3, -0.25) is 0 Å². The number of ether oxygens (including phenoxy) is 1. The molecule has 0 aliphatic carbocycles. The van der Waals surface area contributed by atoms with Crippen molar-refractivity contribution < 1.29 is 19.4 Å². The number of carboxylic acid groups (broad SMARTS) is 1. The highest BCUT2D eigenvalue weighted by atomic mass is 16.6. The topological polar surface area (TPSA) is 118 Å². The number of aliphatic carboxylic acids is 1. The third kappa shape index (κ3) is 3.30. The van der Waals surface area contributed by atoms with Crippen molar-refractivity contribution in [1.29, 1.82) is 0 Å². The van der Waals surface area contributed by atoms with Crippen LogP contribution in [0, 0.1) is 0 Å². The van der Waals surface area contributed by atoms with Crippen LogP contribution in [0.3, 0.4) is 0 Å². The SMILES string of the molecule is CC(C)(C)OC(=O)[C@@](N)(Cc1cnc[nH]1)C(=O)O. The summed E-state index contributed by atoms with van der Waals surface area (Å²) in [5.41, 5.74) is 3.19. The molecule has 0 fully saturated rings. The minimum atomic E-state index is -2.13. The smallest absolute Gasteiger partial charge is 0.338 e. The van der Waals surface area contributed by atoms with Crippen LogP contribution in [-0.2, 0) is 20.7 Å². The molecule has 1 atom stereocenters. The van der Waals surface area contributed by atoms with E-state index < -0.39 is 23.1 Å². The fourth-order valence-electron chi connectivity index (χ4n) is 1.29. The van der Waals surface area contributed by atoms with Gasteiger partial charge in [-0.05, 0) is 20.8 Å². The number of rotatable bonds is 4. The maximum absolute atomic E-state index is 11.9. The highest BCUT2D eigenvalue weighted by molar-refractivity contribution is 6.04. The van der Waals surface area contributed by atoms with Crippen molar-refractivity contribution in [3.05, 3.63) is 18.2 Å². The molecule has 0 amide bonds. The van der Waals surface area contributed by atoms with E-state index in [9.17, 15) is 9.59 Å². The van der Waals surface area contributed by atoms with Gasteiger partial charge in [-0.15, -0.1) is 0 Å². The zero-order valence-corrected chi connectivity index (χ0v) is 10.6. The lowest BCUT2D eigenvalue weighted by atomic mass is 9.94. The Morgan fingerprint density at radius 1 is 1.50 bits per heavy atom. The first-order valence-corrected chi connectivity index (χ1v) is 5.38. The fourth-order valence-corrected chi connectivity index (χ4v) is 1.29. The molecule has 1 aromatic heterocycles. The predicted octanol–water partition coefficient (Wildman–Crippen LogP) is 0.0760. The van der Waals surface area contributed by atoms with Crippen molar-refractivity contribution in [2.24, 2.45) is 5.73 Å². The van der Waals surface area contributed by atoms with Gasteiger partial charge in [0.2, 0.25) is 5.54 Å². The molecule has 0 aliphatic rings. The Morgan fingerprint density at radius 3 is 2.50 bits per heavy atom. The summed E-state index contributed by atoms with van der Waals surface area (Å²) in [6.45, 7) is 4.93. The average molecular weight is 255 g/mol. The van der Waals surface area contributed by atoms with E-state index in [0.29, 0.717) is 5.69 Å². The van der Waals surface area contributed by atoms with Crippen molar-refractivity contribution >= 4 is 11.9 Å². The number of aromatic amines is 1. The second-order valence-corrected chi connectivity index (χ2v) is 5.03. The highest BCUT2D eigenvalue weighted by Gasteiger charge is 2.46. The molecular formula is C11H17N3O4. The Morgan fingerprint density at radius 2 is 2.11 bits per heavy atom. The van der Waals surface area contributed by atoms with Crippen LogP contribution < -0.4 is 5.73 Å². The predicted molar refractivity (Wildman–Crippen MR) is 62.7 cm³/mol. The first-order valence-electron chi connectivity index (χ1n) is 5.38. The van der Waals surface area contributed by atoms with E-state index in [1.165, 1.54) is 12.5 Å². The lowest BCUT2D eigenvalue weighted by Gasteiger charge is -2.27. The summed E-state index contributed by atoms with van der Waals surface area (Å²) in [7, 11) is 0. The molecule has 7 heteroatoms.